The van der Waals surface area contributed by atoms with E-state index < -0.39 is 0 Å². The van der Waals surface area contributed by atoms with Crippen molar-refractivity contribution in [3.8, 4) is 0 Å². The van der Waals surface area contributed by atoms with E-state index in [1.807, 2.05) is 36.5 Å². The van der Waals surface area contributed by atoms with Crippen LogP contribution in [0.4, 0.5) is 11.4 Å². The second kappa shape index (κ2) is 5.17. The number of fused-ring (bicyclic) bond motifs is 1. The molecule has 3 aromatic rings. The van der Waals surface area contributed by atoms with E-state index in [4.69, 9.17) is 5.73 Å². The highest BCUT2D eigenvalue weighted by Gasteiger charge is 2.05. The van der Waals surface area contributed by atoms with Crippen molar-refractivity contribution in [3.05, 3.63) is 60.0 Å². The summed E-state index contributed by atoms with van der Waals surface area (Å²) in [5.41, 5.74) is 11.0. The number of anilines is 2. The molecular weight excluding hydrogens is 248 g/mol. The van der Waals surface area contributed by atoms with Crippen molar-refractivity contribution in [3.63, 3.8) is 0 Å². The van der Waals surface area contributed by atoms with Crippen LogP contribution < -0.4 is 11.1 Å². The number of aromatic nitrogens is 2. The number of hydrogen-bond acceptors (Lipinski definition) is 4. The van der Waals surface area contributed by atoms with Crippen LogP contribution in [0.2, 0.25) is 0 Å². The molecule has 0 unspecified atom stereocenters. The lowest BCUT2D eigenvalue weighted by Gasteiger charge is -2.11. The predicted molar refractivity (Wildman–Crippen MR) is 82.5 cm³/mol. The summed E-state index contributed by atoms with van der Waals surface area (Å²) in [6.07, 6.45) is 5.47. The predicted octanol–water partition coefficient (Wildman–Crippen LogP) is 3.13. The Morgan fingerprint density at radius 3 is 2.90 bits per heavy atom. The smallest absolute Gasteiger partial charge is 0.0953 e. The zero-order valence-corrected chi connectivity index (χ0v) is 11.3. The largest absolute Gasteiger partial charge is 0.398 e. The molecule has 20 heavy (non-hydrogen) atoms. The van der Waals surface area contributed by atoms with Gasteiger partial charge in [0.1, 0.15) is 0 Å². The molecule has 0 spiro atoms. The maximum absolute atomic E-state index is 5.98. The molecule has 0 saturated heterocycles. The van der Waals surface area contributed by atoms with Gasteiger partial charge in [0.25, 0.3) is 0 Å². The molecule has 4 nitrogen and oxygen atoms in total. The highest BCUT2D eigenvalue weighted by atomic mass is 14.9. The third-order valence-electron chi connectivity index (χ3n) is 3.42. The Kier molecular flexibility index (Phi) is 3.21. The van der Waals surface area contributed by atoms with Gasteiger partial charge in [0.15, 0.2) is 0 Å². The second-order valence-electron chi connectivity index (χ2n) is 4.76. The zero-order valence-electron chi connectivity index (χ0n) is 11.3. The van der Waals surface area contributed by atoms with Gasteiger partial charge in [-0.25, -0.2) is 0 Å². The number of pyridine rings is 2. The topological polar surface area (TPSA) is 63.8 Å². The third-order valence-corrected chi connectivity index (χ3v) is 3.42. The maximum atomic E-state index is 5.98. The standard InChI is InChI=1S/C16H16N4/c1-11-6-8-18-9-12(11)10-20-15-5-4-14(17)13-3-2-7-19-16(13)15/h2-9,20H,10,17H2,1H3. The molecule has 0 aliphatic carbocycles. The molecule has 0 fully saturated rings. The maximum Gasteiger partial charge on any atom is 0.0953 e. The van der Waals surface area contributed by atoms with Gasteiger partial charge >= 0.3 is 0 Å². The lowest BCUT2D eigenvalue weighted by atomic mass is 10.1. The molecule has 2 aromatic heterocycles. The van der Waals surface area contributed by atoms with E-state index in [0.29, 0.717) is 0 Å². The van der Waals surface area contributed by atoms with Crippen molar-refractivity contribution in [1.82, 2.24) is 9.97 Å². The Morgan fingerprint density at radius 2 is 2.05 bits per heavy atom. The van der Waals surface area contributed by atoms with Crippen molar-refractivity contribution >= 4 is 22.3 Å². The van der Waals surface area contributed by atoms with Crippen molar-refractivity contribution < 1.29 is 0 Å². The summed E-state index contributed by atoms with van der Waals surface area (Å²) in [5.74, 6) is 0. The molecular formula is C16H16N4. The minimum atomic E-state index is 0.718. The molecule has 0 aliphatic rings. The van der Waals surface area contributed by atoms with Crippen LogP contribution in [0.3, 0.4) is 0 Å². The second-order valence-corrected chi connectivity index (χ2v) is 4.76. The first-order chi connectivity index (χ1) is 9.75. The fourth-order valence-corrected chi connectivity index (χ4v) is 2.21. The van der Waals surface area contributed by atoms with Crippen molar-refractivity contribution in [2.75, 3.05) is 11.1 Å². The van der Waals surface area contributed by atoms with Crippen molar-refractivity contribution in [1.29, 1.82) is 0 Å². The average Bonchev–Trinajstić information content (AvgIpc) is 2.48. The summed E-state index contributed by atoms with van der Waals surface area (Å²) < 4.78 is 0. The summed E-state index contributed by atoms with van der Waals surface area (Å²) in [4.78, 5) is 8.58. The monoisotopic (exact) mass is 264 g/mol. The molecule has 0 aliphatic heterocycles. The Morgan fingerprint density at radius 1 is 1.15 bits per heavy atom. The molecule has 0 bridgehead atoms. The lowest BCUT2D eigenvalue weighted by Crippen LogP contribution is -2.03. The molecule has 2 heterocycles. The van der Waals surface area contributed by atoms with Crippen LogP contribution in [0.15, 0.2) is 48.9 Å². The van der Waals surface area contributed by atoms with E-state index in [-0.39, 0.29) is 0 Å². The number of nitrogens with one attached hydrogen (secondary N) is 1. The molecule has 4 heteroatoms. The van der Waals surface area contributed by atoms with Crippen LogP contribution in [-0.2, 0) is 6.54 Å². The first kappa shape index (κ1) is 12.4. The van der Waals surface area contributed by atoms with Gasteiger partial charge in [0, 0.05) is 36.2 Å². The summed E-state index contributed by atoms with van der Waals surface area (Å²) in [5, 5.41) is 4.39. The summed E-state index contributed by atoms with van der Waals surface area (Å²) in [7, 11) is 0. The molecule has 100 valence electrons. The Bertz CT molecular complexity index is 752. The first-order valence-electron chi connectivity index (χ1n) is 6.52. The van der Waals surface area contributed by atoms with Gasteiger partial charge in [-0.15, -0.1) is 0 Å². The fourth-order valence-electron chi connectivity index (χ4n) is 2.21. The first-order valence-corrected chi connectivity index (χ1v) is 6.52. The lowest BCUT2D eigenvalue weighted by molar-refractivity contribution is 1.08. The Hall–Kier alpha value is -2.62. The van der Waals surface area contributed by atoms with E-state index >= 15 is 0 Å². The quantitative estimate of drug-likeness (QED) is 0.713. The molecule has 0 atom stereocenters. The van der Waals surface area contributed by atoms with Gasteiger partial charge < -0.3 is 11.1 Å². The van der Waals surface area contributed by atoms with Crippen LogP contribution in [0, 0.1) is 6.92 Å². The van der Waals surface area contributed by atoms with Crippen LogP contribution in [-0.4, -0.2) is 9.97 Å². The highest BCUT2D eigenvalue weighted by Crippen LogP contribution is 2.26. The van der Waals surface area contributed by atoms with Crippen molar-refractivity contribution in [2.45, 2.75) is 13.5 Å². The number of hydrogen-bond donors (Lipinski definition) is 2. The highest BCUT2D eigenvalue weighted by molar-refractivity contribution is 5.98. The number of nitrogen functional groups attached to an aromatic ring is 1. The van der Waals surface area contributed by atoms with Gasteiger partial charge in [0.05, 0.1) is 11.2 Å². The molecule has 3 rings (SSSR count). The van der Waals surface area contributed by atoms with Gasteiger partial charge in [-0.2, -0.15) is 0 Å². The van der Waals surface area contributed by atoms with E-state index in [9.17, 15) is 0 Å². The van der Waals surface area contributed by atoms with Crippen LogP contribution in [0.1, 0.15) is 11.1 Å². The average molecular weight is 264 g/mol. The van der Waals surface area contributed by atoms with E-state index in [0.717, 1.165) is 28.8 Å². The van der Waals surface area contributed by atoms with Crippen LogP contribution >= 0.6 is 0 Å². The Balaban J connectivity index is 1.92. The van der Waals surface area contributed by atoms with Gasteiger partial charge in [0.2, 0.25) is 0 Å². The molecule has 0 radical (unpaired) electrons. The Labute approximate surface area is 117 Å². The third kappa shape index (κ3) is 2.28. The fraction of sp³-hybridized carbons (Fsp3) is 0.125. The number of aryl methyl sites for hydroxylation is 1. The molecule has 0 saturated carbocycles. The van der Waals surface area contributed by atoms with Gasteiger partial charge in [-0.05, 0) is 48.4 Å². The minimum absolute atomic E-state index is 0.718. The minimum Gasteiger partial charge on any atom is -0.398 e. The number of nitrogens with zero attached hydrogens (tertiary/aromatic N) is 2. The van der Waals surface area contributed by atoms with E-state index in [1.165, 1.54) is 11.1 Å². The van der Waals surface area contributed by atoms with Gasteiger partial charge in [-0.1, -0.05) is 0 Å². The van der Waals surface area contributed by atoms with Crippen molar-refractivity contribution in [2.24, 2.45) is 0 Å². The summed E-state index contributed by atoms with van der Waals surface area (Å²) in [6, 6.07) is 9.76. The zero-order chi connectivity index (χ0) is 13.9. The number of rotatable bonds is 3. The molecule has 3 N–H and O–H groups in total. The van der Waals surface area contributed by atoms with E-state index in [1.54, 1.807) is 12.4 Å². The van der Waals surface area contributed by atoms with Crippen LogP contribution in [0.25, 0.3) is 10.9 Å². The molecule has 0 amide bonds. The summed E-state index contributed by atoms with van der Waals surface area (Å²) >= 11 is 0. The number of nitrogens with two attached hydrogens (primary N) is 1. The molecule has 1 aromatic carbocycles. The van der Waals surface area contributed by atoms with Gasteiger partial charge in [-0.3, -0.25) is 9.97 Å². The van der Waals surface area contributed by atoms with Crippen LogP contribution in [0.5, 0.6) is 0 Å². The SMILES string of the molecule is Cc1ccncc1CNc1ccc(N)c2cccnc12. The van der Waals surface area contributed by atoms with E-state index in [2.05, 4.69) is 22.2 Å². The normalized spacial score (nSPS) is 10.7. The number of benzene rings is 1. The summed E-state index contributed by atoms with van der Waals surface area (Å²) in [6.45, 7) is 2.80.